The molecule has 0 aliphatic heterocycles. The zero-order valence-electron chi connectivity index (χ0n) is 19.4. The van der Waals surface area contributed by atoms with Crippen molar-refractivity contribution in [3.05, 3.63) is 81.6 Å². The number of benzene rings is 2. The minimum Gasteiger partial charge on any atom is -0.363 e. The van der Waals surface area contributed by atoms with E-state index in [1.54, 1.807) is 0 Å². The summed E-state index contributed by atoms with van der Waals surface area (Å²) < 4.78 is 96.8. The van der Waals surface area contributed by atoms with Crippen molar-refractivity contribution in [3.8, 4) is 0 Å². The first-order valence-electron chi connectivity index (χ1n) is 10.3. The fraction of sp³-hybridized carbons (Fsp3) is 0.182. The Bertz CT molecular complexity index is 1560. The van der Waals surface area contributed by atoms with Gasteiger partial charge in [-0.15, -0.1) is 0 Å². The SMILES string of the molecule is COCN(c1cc(Cl)cnc1C(=O)c1ccccc1N(C)[SH](=O)=O)S(=O)(=O)c1ccc(Cl)c(C(F)(F)F)c1. The molecule has 0 spiro atoms. The zero-order valence-corrected chi connectivity index (χ0v) is 22.7. The van der Waals surface area contributed by atoms with Crippen LogP contribution in [0.1, 0.15) is 21.6 Å². The first kappa shape index (κ1) is 29.6. The molecule has 0 radical (unpaired) electrons. The number of para-hydroxylation sites is 1. The Morgan fingerprint density at radius 3 is 2.34 bits per heavy atom. The van der Waals surface area contributed by atoms with Gasteiger partial charge in [0.25, 0.3) is 10.0 Å². The second-order valence-electron chi connectivity index (χ2n) is 7.54. The number of hydrogen-bond donors (Lipinski definition) is 1. The summed E-state index contributed by atoms with van der Waals surface area (Å²) in [4.78, 5) is 16.7. The van der Waals surface area contributed by atoms with Crippen molar-refractivity contribution in [1.82, 2.24) is 4.98 Å². The number of carbonyl (C=O) groups is 1. The van der Waals surface area contributed by atoms with E-state index >= 15 is 0 Å². The van der Waals surface area contributed by atoms with Gasteiger partial charge in [0.15, 0.2) is 0 Å². The van der Waals surface area contributed by atoms with Gasteiger partial charge in [-0.05, 0) is 36.4 Å². The predicted molar refractivity (Wildman–Crippen MR) is 136 cm³/mol. The largest absolute Gasteiger partial charge is 0.417 e. The molecule has 0 unspecified atom stereocenters. The Hall–Kier alpha value is -2.91. The zero-order chi connectivity index (χ0) is 28.4. The van der Waals surface area contributed by atoms with Crippen LogP contribution in [0.15, 0.2) is 59.6 Å². The van der Waals surface area contributed by atoms with Crippen LogP contribution in [0.4, 0.5) is 24.5 Å². The molecule has 0 fully saturated rings. The Labute approximate surface area is 227 Å². The van der Waals surface area contributed by atoms with Crippen LogP contribution in [0, 0.1) is 0 Å². The Balaban J connectivity index is 2.24. The normalized spacial score (nSPS) is 12.0. The van der Waals surface area contributed by atoms with Crippen LogP contribution in [-0.2, 0) is 31.8 Å². The molecule has 0 aliphatic rings. The number of pyridine rings is 1. The number of thiol groups is 1. The number of alkyl halides is 3. The molecule has 0 aliphatic carbocycles. The molecule has 0 amide bonds. The van der Waals surface area contributed by atoms with Crippen LogP contribution in [0.5, 0.6) is 0 Å². The third-order valence-electron chi connectivity index (χ3n) is 5.14. The van der Waals surface area contributed by atoms with Gasteiger partial charge in [0.1, 0.15) is 12.4 Å². The number of methoxy groups -OCH3 is 1. The fourth-order valence-electron chi connectivity index (χ4n) is 3.35. The Morgan fingerprint density at radius 1 is 1.08 bits per heavy atom. The monoisotopic (exact) mass is 611 g/mol. The lowest BCUT2D eigenvalue weighted by Gasteiger charge is -2.26. The fourth-order valence-corrected chi connectivity index (χ4v) is 5.48. The molecule has 1 heterocycles. The highest BCUT2D eigenvalue weighted by Gasteiger charge is 2.37. The number of rotatable bonds is 9. The van der Waals surface area contributed by atoms with Crippen LogP contribution >= 0.6 is 23.2 Å². The average Bonchev–Trinajstić information content (AvgIpc) is 2.85. The number of sulfonamides is 1. The van der Waals surface area contributed by atoms with Gasteiger partial charge in [-0.2, -0.15) is 13.2 Å². The highest BCUT2D eigenvalue weighted by molar-refractivity contribution is 7.92. The highest BCUT2D eigenvalue weighted by Crippen LogP contribution is 2.38. The van der Waals surface area contributed by atoms with Crippen molar-refractivity contribution >= 4 is 61.3 Å². The number of aromatic nitrogens is 1. The highest BCUT2D eigenvalue weighted by atomic mass is 35.5. The number of ketones is 1. The first-order valence-corrected chi connectivity index (χ1v) is 13.6. The number of hydrogen-bond acceptors (Lipinski definition) is 7. The minimum atomic E-state index is -4.95. The summed E-state index contributed by atoms with van der Waals surface area (Å²) in [6.45, 7) is -0.747. The lowest BCUT2D eigenvalue weighted by Crippen LogP contribution is -2.34. The third-order valence-corrected chi connectivity index (χ3v) is 8.11. The van der Waals surface area contributed by atoms with Gasteiger partial charge in [-0.1, -0.05) is 35.3 Å². The minimum absolute atomic E-state index is 0.0232. The summed E-state index contributed by atoms with van der Waals surface area (Å²) >= 11 is 11.7. The van der Waals surface area contributed by atoms with E-state index in [1.807, 2.05) is 0 Å². The van der Waals surface area contributed by atoms with E-state index in [0.29, 0.717) is 10.4 Å². The smallest absolute Gasteiger partial charge is 0.363 e. The van der Waals surface area contributed by atoms with Crippen molar-refractivity contribution in [3.63, 3.8) is 0 Å². The van der Waals surface area contributed by atoms with Crippen LogP contribution < -0.4 is 8.61 Å². The molecule has 204 valence electrons. The van der Waals surface area contributed by atoms with Crippen molar-refractivity contribution in [2.24, 2.45) is 0 Å². The molecule has 0 saturated carbocycles. The summed E-state index contributed by atoms with van der Waals surface area (Å²) in [5.74, 6) is -0.889. The van der Waals surface area contributed by atoms with Crippen molar-refractivity contribution in [2.45, 2.75) is 11.1 Å². The van der Waals surface area contributed by atoms with Gasteiger partial charge >= 0.3 is 6.18 Å². The summed E-state index contributed by atoms with van der Waals surface area (Å²) in [5, 5.41) is -0.819. The number of ether oxygens (including phenoxy) is 1. The third kappa shape index (κ3) is 6.04. The predicted octanol–water partition coefficient (Wildman–Crippen LogP) is 4.40. The van der Waals surface area contributed by atoms with E-state index in [0.717, 1.165) is 35.8 Å². The standard InChI is InChI=1S/C22H18Cl2F3N3O6S2/c1-29(37(32)33)18-6-4-3-5-15(18)21(31)20-19(9-13(23)11-28-20)30(12-36-2)38(34,35)14-7-8-17(24)16(10-14)22(25,26)27/h3-11,37H,12H2,1-2H3. The van der Waals surface area contributed by atoms with Gasteiger partial charge in [-0.25, -0.2) is 26.1 Å². The Morgan fingerprint density at radius 2 is 1.74 bits per heavy atom. The summed E-state index contributed by atoms with van der Waals surface area (Å²) in [7, 11) is -5.62. The number of nitrogens with zero attached hydrogens (tertiary/aromatic N) is 3. The first-order chi connectivity index (χ1) is 17.7. The van der Waals surface area contributed by atoms with Gasteiger partial charge in [0.2, 0.25) is 16.7 Å². The molecular weight excluding hydrogens is 594 g/mol. The van der Waals surface area contributed by atoms with E-state index < -0.39 is 66.5 Å². The molecule has 0 bridgehead atoms. The Kier molecular flexibility index (Phi) is 8.93. The van der Waals surface area contributed by atoms with Gasteiger partial charge < -0.3 is 4.74 Å². The maximum absolute atomic E-state index is 13.6. The number of halogens is 5. The summed E-state index contributed by atoms with van der Waals surface area (Å²) in [5.41, 5.74) is -2.46. The van der Waals surface area contributed by atoms with E-state index in [9.17, 15) is 34.8 Å². The average molecular weight is 612 g/mol. The van der Waals surface area contributed by atoms with Crippen LogP contribution in [-0.4, -0.2) is 48.5 Å². The van der Waals surface area contributed by atoms with Gasteiger partial charge in [0.05, 0.1) is 31.9 Å². The van der Waals surface area contributed by atoms with Gasteiger partial charge in [0, 0.05) is 25.9 Å². The molecule has 0 saturated heterocycles. The quantitative estimate of drug-likeness (QED) is 0.217. The molecule has 1 aromatic heterocycles. The molecule has 3 aromatic rings. The maximum atomic E-state index is 13.6. The van der Waals surface area contributed by atoms with E-state index in [2.05, 4.69) is 4.98 Å². The second-order valence-corrected chi connectivity index (χ2v) is 11.3. The van der Waals surface area contributed by atoms with Crippen molar-refractivity contribution in [2.75, 3.05) is 29.5 Å². The lowest BCUT2D eigenvalue weighted by molar-refractivity contribution is -0.137. The maximum Gasteiger partial charge on any atom is 0.417 e. The number of anilines is 2. The van der Waals surface area contributed by atoms with E-state index in [-0.39, 0.29) is 16.3 Å². The molecule has 2 aromatic carbocycles. The molecule has 16 heteroatoms. The van der Waals surface area contributed by atoms with Gasteiger partial charge in [-0.3, -0.25) is 9.10 Å². The summed E-state index contributed by atoms with van der Waals surface area (Å²) in [6.07, 6.45) is -3.90. The van der Waals surface area contributed by atoms with E-state index in [4.69, 9.17) is 27.9 Å². The number of carbonyl (C=O) groups excluding carboxylic acids is 1. The molecule has 0 atom stereocenters. The van der Waals surface area contributed by atoms with Crippen molar-refractivity contribution in [1.29, 1.82) is 0 Å². The second kappa shape index (κ2) is 11.5. The molecule has 3 rings (SSSR count). The van der Waals surface area contributed by atoms with Crippen molar-refractivity contribution < 1.29 is 39.5 Å². The molecule has 38 heavy (non-hydrogen) atoms. The van der Waals surface area contributed by atoms with Crippen LogP contribution in [0.3, 0.4) is 0 Å². The van der Waals surface area contributed by atoms with E-state index in [1.165, 1.54) is 31.3 Å². The topological polar surface area (TPSA) is 114 Å². The molecule has 0 N–H and O–H groups in total. The lowest BCUT2D eigenvalue weighted by atomic mass is 10.0. The van der Waals surface area contributed by atoms with Crippen LogP contribution in [0.25, 0.3) is 0 Å². The summed E-state index contributed by atoms with van der Waals surface area (Å²) in [6, 6.07) is 8.66. The molecular formula is C22H18Cl2F3N3O6S2. The molecule has 9 nitrogen and oxygen atoms in total. The van der Waals surface area contributed by atoms with Crippen LogP contribution in [0.2, 0.25) is 10.0 Å².